The molecule has 32 heavy (non-hydrogen) atoms. The summed E-state index contributed by atoms with van der Waals surface area (Å²) >= 11 is 0. The van der Waals surface area contributed by atoms with Crippen LogP contribution < -0.4 is 4.90 Å². The largest absolute Gasteiger partial charge is 0.435 e. The number of rotatable bonds is 3. The Morgan fingerprint density at radius 3 is 2.41 bits per heavy atom. The molecule has 164 valence electrons. The molecule has 3 heterocycles. The van der Waals surface area contributed by atoms with Crippen molar-refractivity contribution in [3.05, 3.63) is 71.8 Å². The van der Waals surface area contributed by atoms with E-state index in [0.29, 0.717) is 22.8 Å². The number of anilines is 1. The number of carbonyl (C=O) groups is 1. The highest BCUT2D eigenvalue weighted by molar-refractivity contribution is 6.04. The molecule has 1 N–H and O–H groups in total. The van der Waals surface area contributed by atoms with Gasteiger partial charge in [-0.2, -0.15) is 18.3 Å². The van der Waals surface area contributed by atoms with E-state index >= 15 is 8.78 Å². The number of hydrogen-bond acceptors (Lipinski definition) is 3. The van der Waals surface area contributed by atoms with Gasteiger partial charge < -0.3 is 9.88 Å². The molecule has 1 saturated heterocycles. The van der Waals surface area contributed by atoms with Crippen molar-refractivity contribution < 1.29 is 26.7 Å². The molecule has 1 aliphatic heterocycles. The average Bonchev–Trinajstić information content (AvgIpc) is 3.41. The van der Waals surface area contributed by atoms with Crippen LogP contribution in [0, 0.1) is 17.6 Å². The van der Waals surface area contributed by atoms with Crippen molar-refractivity contribution in [1.82, 2.24) is 19.7 Å². The molecule has 5 rings (SSSR count). The second-order valence-corrected chi connectivity index (χ2v) is 7.51. The highest BCUT2D eigenvalue weighted by Crippen LogP contribution is 2.45. The molecule has 6 nitrogen and oxygen atoms in total. The van der Waals surface area contributed by atoms with Crippen LogP contribution in [0.15, 0.2) is 48.9 Å². The van der Waals surface area contributed by atoms with E-state index in [1.807, 2.05) is 0 Å². The number of hydrogen-bond donors (Lipinski definition) is 1. The van der Waals surface area contributed by atoms with E-state index in [9.17, 15) is 18.0 Å². The summed E-state index contributed by atoms with van der Waals surface area (Å²) in [7, 11) is 0. The Morgan fingerprint density at radius 2 is 1.75 bits per heavy atom. The van der Waals surface area contributed by atoms with Crippen LogP contribution in [0.5, 0.6) is 0 Å². The number of amides is 1. The first-order valence-electron chi connectivity index (χ1n) is 9.53. The lowest BCUT2D eigenvalue weighted by Gasteiger charge is -2.46. The van der Waals surface area contributed by atoms with Crippen LogP contribution in [0.2, 0.25) is 0 Å². The number of halogens is 5. The van der Waals surface area contributed by atoms with Gasteiger partial charge in [0.15, 0.2) is 5.69 Å². The Labute approximate surface area is 177 Å². The summed E-state index contributed by atoms with van der Waals surface area (Å²) in [6.07, 6.45) is -2.22. The number of benzene rings is 2. The Bertz CT molecular complexity index is 1340. The third-order valence-electron chi connectivity index (χ3n) is 5.56. The van der Waals surface area contributed by atoms with E-state index in [1.54, 1.807) is 25.1 Å². The van der Waals surface area contributed by atoms with Crippen molar-refractivity contribution in [3.8, 4) is 5.69 Å². The van der Waals surface area contributed by atoms with E-state index in [4.69, 9.17) is 0 Å². The quantitative estimate of drug-likeness (QED) is 0.364. The number of alkyl halides is 3. The van der Waals surface area contributed by atoms with Crippen LogP contribution in [0.1, 0.15) is 24.2 Å². The molecule has 2 aromatic carbocycles. The Kier molecular flexibility index (Phi) is 4.33. The van der Waals surface area contributed by atoms with Crippen LogP contribution in [-0.2, 0) is 11.0 Å². The first kappa shape index (κ1) is 20.2. The first-order chi connectivity index (χ1) is 15.1. The normalized spacial score (nSPS) is 18.9. The number of β-lactam (4-membered cyclic amide) rings is 1. The molecule has 2 aromatic heterocycles. The lowest BCUT2D eigenvalue weighted by Crippen LogP contribution is -2.54. The zero-order valence-electron chi connectivity index (χ0n) is 16.4. The molecule has 0 bridgehead atoms. The number of aromatic amines is 1. The highest BCUT2D eigenvalue weighted by atomic mass is 19.4. The summed E-state index contributed by atoms with van der Waals surface area (Å²) in [5, 5.41) is 3.34. The summed E-state index contributed by atoms with van der Waals surface area (Å²) in [5.41, 5.74) is 0.0480. The summed E-state index contributed by atoms with van der Waals surface area (Å²) in [6.45, 7) is 1.56. The van der Waals surface area contributed by atoms with Gasteiger partial charge in [0.05, 0.1) is 35.0 Å². The van der Waals surface area contributed by atoms with Crippen molar-refractivity contribution in [2.45, 2.75) is 19.1 Å². The number of nitrogens with zero attached hydrogens (tertiary/aromatic N) is 4. The van der Waals surface area contributed by atoms with Gasteiger partial charge in [-0.25, -0.2) is 18.4 Å². The lowest BCUT2D eigenvalue weighted by molar-refractivity contribution is -0.141. The van der Waals surface area contributed by atoms with Crippen molar-refractivity contribution in [2.75, 3.05) is 4.90 Å². The van der Waals surface area contributed by atoms with E-state index in [1.165, 1.54) is 11.2 Å². The second-order valence-electron chi connectivity index (χ2n) is 7.51. The number of carbonyl (C=O) groups excluding carboxylic acids is 1. The topological polar surface area (TPSA) is 66.8 Å². The maximum absolute atomic E-state index is 15.0. The molecule has 1 fully saturated rings. The zero-order valence-corrected chi connectivity index (χ0v) is 16.4. The van der Waals surface area contributed by atoms with Gasteiger partial charge in [0.25, 0.3) is 0 Å². The van der Waals surface area contributed by atoms with Crippen molar-refractivity contribution in [1.29, 1.82) is 0 Å². The van der Waals surface area contributed by atoms with Gasteiger partial charge in [-0.3, -0.25) is 4.79 Å². The van der Waals surface area contributed by atoms with Crippen LogP contribution in [0.3, 0.4) is 0 Å². The SMILES string of the molecule is C[C@@H]1C(=O)N(c2ccc3nc[nH]c3c2)[C@@H]1c1c(F)cc(-n2ccc(C(F)(F)F)n2)cc1F. The molecule has 1 amide bonds. The Hall–Kier alpha value is -3.76. The standard InChI is InChI=1S/C21H14F5N5O/c1-10-19(31(20(10)32)11-2-3-15-16(8-11)28-9-27-15)18-13(22)6-12(7-14(18)23)30-5-4-17(29-30)21(24,25)26/h2-10,19H,1H3,(H,27,28)/t10-,19-/m0/s1. The predicted molar refractivity (Wildman–Crippen MR) is 104 cm³/mol. The molecule has 1 aliphatic rings. The van der Waals surface area contributed by atoms with Gasteiger partial charge in [0.1, 0.15) is 11.6 Å². The molecule has 0 aliphatic carbocycles. The number of H-pyrrole nitrogens is 1. The monoisotopic (exact) mass is 447 g/mol. The summed E-state index contributed by atoms with van der Waals surface area (Å²) in [6, 6.07) is 6.57. The van der Waals surface area contributed by atoms with Crippen molar-refractivity contribution in [2.24, 2.45) is 5.92 Å². The summed E-state index contributed by atoms with van der Waals surface area (Å²) < 4.78 is 69.2. The molecule has 4 aromatic rings. The van der Waals surface area contributed by atoms with Gasteiger partial charge in [-0.15, -0.1) is 0 Å². The number of fused-ring (bicyclic) bond motifs is 1. The maximum atomic E-state index is 15.0. The minimum atomic E-state index is -4.68. The minimum absolute atomic E-state index is 0.206. The average molecular weight is 447 g/mol. The number of aromatic nitrogens is 4. The fourth-order valence-corrected chi connectivity index (χ4v) is 3.98. The highest BCUT2D eigenvalue weighted by Gasteiger charge is 2.48. The van der Waals surface area contributed by atoms with Gasteiger partial charge >= 0.3 is 6.18 Å². The number of nitrogens with one attached hydrogen (secondary N) is 1. The van der Waals surface area contributed by atoms with Crippen LogP contribution >= 0.6 is 0 Å². The van der Waals surface area contributed by atoms with Gasteiger partial charge in [0, 0.05) is 29.6 Å². The van der Waals surface area contributed by atoms with E-state index in [2.05, 4.69) is 15.1 Å². The zero-order chi connectivity index (χ0) is 22.8. The molecule has 0 unspecified atom stereocenters. The third kappa shape index (κ3) is 3.03. The van der Waals surface area contributed by atoms with E-state index < -0.39 is 35.5 Å². The molecule has 0 saturated carbocycles. The third-order valence-corrected chi connectivity index (χ3v) is 5.56. The molecule has 2 atom stereocenters. The van der Waals surface area contributed by atoms with Gasteiger partial charge in [0.2, 0.25) is 5.91 Å². The minimum Gasteiger partial charge on any atom is -0.345 e. The van der Waals surface area contributed by atoms with Gasteiger partial charge in [-0.05, 0) is 24.3 Å². The summed E-state index contributed by atoms with van der Waals surface area (Å²) in [4.78, 5) is 20.9. The molecular weight excluding hydrogens is 433 g/mol. The van der Waals surface area contributed by atoms with Crippen LogP contribution in [-0.4, -0.2) is 25.7 Å². The maximum Gasteiger partial charge on any atom is 0.435 e. The van der Waals surface area contributed by atoms with Crippen molar-refractivity contribution in [3.63, 3.8) is 0 Å². The fraction of sp³-hybridized carbons (Fsp3) is 0.190. The predicted octanol–water partition coefficient (Wildman–Crippen LogP) is 4.77. The molecule has 11 heteroatoms. The van der Waals surface area contributed by atoms with Crippen LogP contribution in [0.25, 0.3) is 16.7 Å². The smallest absolute Gasteiger partial charge is 0.345 e. The van der Waals surface area contributed by atoms with Gasteiger partial charge in [-0.1, -0.05) is 6.92 Å². The molecule has 0 spiro atoms. The summed E-state index contributed by atoms with van der Waals surface area (Å²) in [5.74, 6) is -2.97. The lowest BCUT2D eigenvalue weighted by atomic mass is 9.82. The van der Waals surface area contributed by atoms with E-state index in [-0.39, 0.29) is 17.2 Å². The fourth-order valence-electron chi connectivity index (χ4n) is 3.98. The Balaban J connectivity index is 1.53. The van der Waals surface area contributed by atoms with Crippen LogP contribution in [0.4, 0.5) is 27.6 Å². The first-order valence-corrected chi connectivity index (χ1v) is 9.53. The van der Waals surface area contributed by atoms with E-state index in [0.717, 1.165) is 23.0 Å². The Morgan fingerprint density at radius 1 is 1.03 bits per heavy atom. The molecule has 0 radical (unpaired) electrons. The molecular formula is C21H14F5N5O. The van der Waals surface area contributed by atoms with Crippen molar-refractivity contribution >= 4 is 22.6 Å². The number of imidazole rings is 1. The second kappa shape index (κ2) is 6.87.